The number of rotatable bonds is 2. The van der Waals surface area contributed by atoms with Crippen molar-refractivity contribution < 1.29 is 17.5 Å². The van der Waals surface area contributed by atoms with Gasteiger partial charge in [0.05, 0.1) is 0 Å². The molecule has 6 heteroatoms. The van der Waals surface area contributed by atoms with Crippen molar-refractivity contribution in [2.24, 2.45) is 0 Å². The summed E-state index contributed by atoms with van der Waals surface area (Å²) >= 11 is 0. The van der Waals surface area contributed by atoms with Crippen molar-refractivity contribution >= 4 is 15.8 Å². The standard InChI is InChI=1S/C2H4BF2O2P/c1-2(3)7-8(4,5)6/h2H,1H3. The van der Waals surface area contributed by atoms with Crippen LogP contribution < -0.4 is 0 Å². The van der Waals surface area contributed by atoms with Crippen LogP contribution in [-0.2, 0) is 9.09 Å². The van der Waals surface area contributed by atoms with E-state index >= 15 is 0 Å². The first-order chi connectivity index (χ1) is 3.42. The maximum atomic E-state index is 11.2. The molecule has 0 aromatic carbocycles. The van der Waals surface area contributed by atoms with E-state index in [1.165, 1.54) is 6.92 Å². The van der Waals surface area contributed by atoms with E-state index < -0.39 is 14.0 Å². The van der Waals surface area contributed by atoms with Crippen molar-refractivity contribution in [3.05, 3.63) is 0 Å². The molecular weight excluding hydrogens is 136 g/mol. The van der Waals surface area contributed by atoms with Gasteiger partial charge in [0.1, 0.15) is 7.85 Å². The molecule has 0 fully saturated rings. The largest absolute Gasteiger partial charge is 0.551 e. The topological polar surface area (TPSA) is 26.3 Å². The molecule has 0 spiro atoms. The maximum absolute atomic E-state index is 11.2. The average molecular weight is 140 g/mol. The Hall–Kier alpha value is 0.115. The monoisotopic (exact) mass is 140 g/mol. The van der Waals surface area contributed by atoms with Gasteiger partial charge in [-0.15, -0.1) is 8.39 Å². The van der Waals surface area contributed by atoms with Crippen LogP contribution in [0.2, 0.25) is 0 Å². The molecule has 0 aliphatic carbocycles. The third-order valence-corrected chi connectivity index (χ3v) is 0.867. The first kappa shape index (κ1) is 8.11. The Labute approximate surface area is 47.3 Å². The highest BCUT2D eigenvalue weighted by Gasteiger charge is 2.21. The summed E-state index contributed by atoms with van der Waals surface area (Å²) in [5.41, 5.74) is 0. The molecule has 0 aliphatic rings. The lowest BCUT2D eigenvalue weighted by atomic mass is 10.0. The zero-order valence-corrected chi connectivity index (χ0v) is 5.07. The van der Waals surface area contributed by atoms with Gasteiger partial charge in [-0.05, 0) is 6.92 Å². The molecule has 0 saturated carbocycles. The Balaban J connectivity index is 3.56. The van der Waals surface area contributed by atoms with Gasteiger partial charge in [-0.2, -0.15) is 0 Å². The molecule has 0 amide bonds. The molecule has 0 bridgehead atoms. The van der Waals surface area contributed by atoms with E-state index in [2.05, 4.69) is 4.52 Å². The summed E-state index contributed by atoms with van der Waals surface area (Å²) in [6, 6.07) is -1.17. The Bertz CT molecular complexity index is 111. The fourth-order valence-electron chi connectivity index (χ4n) is 0.194. The van der Waals surface area contributed by atoms with Crippen molar-refractivity contribution in [3.63, 3.8) is 0 Å². The van der Waals surface area contributed by atoms with Gasteiger partial charge in [0.2, 0.25) is 0 Å². The zero-order valence-electron chi connectivity index (χ0n) is 4.17. The summed E-state index contributed by atoms with van der Waals surface area (Å²) < 4.78 is 35.3. The molecule has 0 N–H and O–H groups in total. The van der Waals surface area contributed by atoms with E-state index in [1.54, 1.807) is 0 Å². The summed E-state index contributed by atoms with van der Waals surface area (Å²) in [6.45, 7) is 1.17. The minimum absolute atomic E-state index is 1.17. The van der Waals surface area contributed by atoms with Gasteiger partial charge in [0, 0.05) is 6.00 Å². The maximum Gasteiger partial charge on any atom is 0.551 e. The van der Waals surface area contributed by atoms with Gasteiger partial charge >= 0.3 is 7.99 Å². The Morgan fingerprint density at radius 2 is 2.12 bits per heavy atom. The highest BCUT2D eigenvalue weighted by atomic mass is 31.2. The molecule has 0 aliphatic heterocycles. The highest BCUT2D eigenvalue weighted by Crippen LogP contribution is 2.50. The van der Waals surface area contributed by atoms with Gasteiger partial charge in [0.25, 0.3) is 0 Å². The van der Waals surface area contributed by atoms with Crippen molar-refractivity contribution in [3.8, 4) is 0 Å². The van der Waals surface area contributed by atoms with Gasteiger partial charge in [-0.1, -0.05) is 0 Å². The van der Waals surface area contributed by atoms with E-state index in [4.69, 9.17) is 7.85 Å². The van der Waals surface area contributed by atoms with Crippen LogP contribution in [0, 0.1) is 0 Å². The van der Waals surface area contributed by atoms with Crippen molar-refractivity contribution in [1.82, 2.24) is 0 Å². The van der Waals surface area contributed by atoms with Gasteiger partial charge in [0.15, 0.2) is 0 Å². The number of hydrogen-bond donors (Lipinski definition) is 0. The summed E-state index contributed by atoms with van der Waals surface area (Å²) in [5.74, 6) is 0. The molecule has 1 unspecified atom stereocenters. The first-order valence-corrected chi connectivity index (χ1v) is 3.26. The fraction of sp³-hybridized carbons (Fsp3) is 1.00. The second kappa shape index (κ2) is 2.60. The van der Waals surface area contributed by atoms with Crippen LogP contribution in [0.15, 0.2) is 0 Å². The quantitative estimate of drug-likeness (QED) is 0.429. The third-order valence-electron chi connectivity index (χ3n) is 0.289. The predicted octanol–water partition coefficient (Wildman–Crippen LogP) is 1.56. The second-order valence-corrected chi connectivity index (χ2v) is 2.26. The summed E-state index contributed by atoms with van der Waals surface area (Å²) in [4.78, 5) is 0. The van der Waals surface area contributed by atoms with Crippen LogP contribution in [0.5, 0.6) is 0 Å². The molecular formula is C2H4BF2O2P. The van der Waals surface area contributed by atoms with Crippen molar-refractivity contribution in [1.29, 1.82) is 0 Å². The molecule has 46 valence electrons. The Morgan fingerprint density at radius 3 is 2.12 bits per heavy atom. The molecule has 8 heavy (non-hydrogen) atoms. The van der Waals surface area contributed by atoms with Crippen molar-refractivity contribution in [2.45, 2.75) is 12.9 Å². The molecule has 2 nitrogen and oxygen atoms in total. The van der Waals surface area contributed by atoms with Crippen LogP contribution in [0.25, 0.3) is 0 Å². The predicted molar refractivity (Wildman–Crippen MR) is 26.1 cm³/mol. The van der Waals surface area contributed by atoms with Crippen LogP contribution in [-0.4, -0.2) is 13.8 Å². The van der Waals surface area contributed by atoms with Gasteiger partial charge in [-0.3, -0.25) is 4.52 Å². The molecule has 1 atom stereocenters. The SMILES string of the molecule is [B]C(C)OP(=O)(F)F. The van der Waals surface area contributed by atoms with Crippen LogP contribution in [0.4, 0.5) is 8.39 Å². The van der Waals surface area contributed by atoms with Gasteiger partial charge < -0.3 is 0 Å². The number of halogens is 2. The molecule has 0 saturated heterocycles. The molecule has 0 rings (SSSR count). The van der Waals surface area contributed by atoms with E-state index in [0.29, 0.717) is 0 Å². The lowest BCUT2D eigenvalue weighted by Gasteiger charge is -2.02. The molecule has 2 radical (unpaired) electrons. The minimum Gasteiger partial charge on any atom is -0.287 e. The third kappa shape index (κ3) is 6.11. The summed E-state index contributed by atoms with van der Waals surface area (Å²) in [6.07, 6.45) is 0. The molecule has 0 heterocycles. The average Bonchev–Trinajstić information content (AvgIpc) is 1.21. The van der Waals surface area contributed by atoms with E-state index in [0.717, 1.165) is 0 Å². The smallest absolute Gasteiger partial charge is 0.287 e. The van der Waals surface area contributed by atoms with Gasteiger partial charge in [-0.25, -0.2) is 4.57 Å². The molecule has 0 aromatic rings. The van der Waals surface area contributed by atoms with Crippen molar-refractivity contribution in [2.75, 3.05) is 0 Å². The lowest BCUT2D eigenvalue weighted by molar-refractivity contribution is 0.243. The second-order valence-electron chi connectivity index (χ2n) is 1.22. The van der Waals surface area contributed by atoms with E-state index in [9.17, 15) is 13.0 Å². The zero-order chi connectivity index (χ0) is 6.78. The Morgan fingerprint density at radius 1 is 1.75 bits per heavy atom. The fourth-order valence-corrected chi connectivity index (χ4v) is 0.581. The molecule has 0 aromatic heterocycles. The van der Waals surface area contributed by atoms with Crippen LogP contribution in [0.3, 0.4) is 0 Å². The van der Waals surface area contributed by atoms with Crippen LogP contribution >= 0.6 is 7.99 Å². The number of hydrogen-bond acceptors (Lipinski definition) is 2. The Kier molecular flexibility index (Phi) is 2.64. The van der Waals surface area contributed by atoms with E-state index in [-0.39, 0.29) is 0 Å². The lowest BCUT2D eigenvalue weighted by Crippen LogP contribution is -2.01. The van der Waals surface area contributed by atoms with E-state index in [1.807, 2.05) is 0 Å². The highest BCUT2D eigenvalue weighted by molar-refractivity contribution is 7.47. The van der Waals surface area contributed by atoms with Crippen LogP contribution in [0.1, 0.15) is 6.92 Å². The normalized spacial score (nSPS) is 15.9. The minimum atomic E-state index is -5.35. The first-order valence-electron chi connectivity index (χ1n) is 1.85. The summed E-state index contributed by atoms with van der Waals surface area (Å²) in [7, 11) is -0.643. The summed E-state index contributed by atoms with van der Waals surface area (Å²) in [5, 5.41) is 0.